The van der Waals surface area contributed by atoms with Gasteiger partial charge in [-0.1, -0.05) is 20.8 Å². The third-order valence-corrected chi connectivity index (χ3v) is 4.85. The minimum absolute atomic E-state index is 0.134. The van der Waals surface area contributed by atoms with E-state index in [0.717, 1.165) is 52.2 Å². The van der Waals surface area contributed by atoms with Gasteiger partial charge in [0.2, 0.25) is 5.91 Å². The number of rotatable bonds is 4. The number of hydrogen-bond donors (Lipinski definition) is 1. The lowest BCUT2D eigenvalue weighted by Crippen LogP contribution is -2.52. The summed E-state index contributed by atoms with van der Waals surface area (Å²) >= 11 is 0. The van der Waals surface area contributed by atoms with Crippen molar-refractivity contribution in [1.82, 2.24) is 14.7 Å². The summed E-state index contributed by atoms with van der Waals surface area (Å²) in [6, 6.07) is 0.197. The molecule has 0 unspecified atom stereocenters. The quantitative estimate of drug-likeness (QED) is 0.801. The molecule has 0 radical (unpaired) electrons. The molecule has 116 valence electrons. The Morgan fingerprint density at radius 2 is 1.85 bits per heavy atom. The molecule has 5 nitrogen and oxygen atoms in total. The van der Waals surface area contributed by atoms with Crippen LogP contribution >= 0.6 is 0 Å². The summed E-state index contributed by atoms with van der Waals surface area (Å²) in [7, 11) is 0. The maximum absolute atomic E-state index is 12.3. The van der Waals surface area contributed by atoms with Crippen LogP contribution < -0.4 is 5.73 Å². The first-order valence-corrected chi connectivity index (χ1v) is 8.03. The van der Waals surface area contributed by atoms with E-state index in [2.05, 4.69) is 16.7 Å². The Bertz CT molecular complexity index is 326. The van der Waals surface area contributed by atoms with Crippen LogP contribution in [0.15, 0.2) is 0 Å². The number of hydrogen-bond acceptors (Lipinski definition) is 4. The maximum Gasteiger partial charge on any atom is 0.239 e. The van der Waals surface area contributed by atoms with Crippen LogP contribution in [-0.2, 0) is 4.79 Å². The fourth-order valence-corrected chi connectivity index (χ4v) is 3.18. The van der Waals surface area contributed by atoms with E-state index in [0.29, 0.717) is 6.04 Å². The molecule has 2 aliphatic heterocycles. The number of carbonyl (C=O) groups is 1. The van der Waals surface area contributed by atoms with Crippen molar-refractivity contribution in [2.75, 3.05) is 45.8 Å². The molecule has 2 atom stereocenters. The van der Waals surface area contributed by atoms with Gasteiger partial charge in [0.1, 0.15) is 0 Å². The summed E-state index contributed by atoms with van der Waals surface area (Å²) in [4.78, 5) is 19.3. The second-order valence-corrected chi connectivity index (χ2v) is 6.47. The molecule has 2 aliphatic rings. The number of carbonyl (C=O) groups excluding carboxylic acids is 1. The molecule has 0 spiro atoms. The highest BCUT2D eigenvalue weighted by molar-refractivity contribution is 5.82. The molecular weight excluding hydrogens is 252 g/mol. The van der Waals surface area contributed by atoms with Gasteiger partial charge in [0.15, 0.2) is 0 Å². The number of likely N-dealkylation sites (tertiary alicyclic amines) is 1. The monoisotopic (exact) mass is 282 g/mol. The topological polar surface area (TPSA) is 52.8 Å². The molecule has 2 heterocycles. The number of amides is 1. The van der Waals surface area contributed by atoms with Crippen molar-refractivity contribution in [2.45, 2.75) is 39.3 Å². The zero-order valence-electron chi connectivity index (χ0n) is 13.2. The van der Waals surface area contributed by atoms with Gasteiger partial charge < -0.3 is 15.5 Å². The second kappa shape index (κ2) is 6.87. The van der Waals surface area contributed by atoms with Crippen LogP contribution in [0.1, 0.15) is 27.2 Å². The van der Waals surface area contributed by atoms with Crippen LogP contribution in [0.2, 0.25) is 0 Å². The molecule has 0 aliphatic carbocycles. The van der Waals surface area contributed by atoms with Gasteiger partial charge in [-0.3, -0.25) is 9.69 Å². The molecular formula is C15H30N4O. The lowest BCUT2D eigenvalue weighted by Gasteiger charge is -2.37. The van der Waals surface area contributed by atoms with Gasteiger partial charge in [0, 0.05) is 45.3 Å². The largest absolute Gasteiger partial charge is 0.340 e. The first kappa shape index (κ1) is 15.7. The molecule has 2 fully saturated rings. The molecule has 2 saturated heterocycles. The average molecular weight is 282 g/mol. The maximum atomic E-state index is 12.3. The third kappa shape index (κ3) is 3.51. The molecule has 0 aromatic rings. The van der Waals surface area contributed by atoms with Crippen molar-refractivity contribution < 1.29 is 4.79 Å². The van der Waals surface area contributed by atoms with Crippen LogP contribution in [0.3, 0.4) is 0 Å². The summed E-state index contributed by atoms with van der Waals surface area (Å²) < 4.78 is 0. The zero-order chi connectivity index (χ0) is 14.7. The van der Waals surface area contributed by atoms with Crippen LogP contribution in [-0.4, -0.2) is 78.5 Å². The van der Waals surface area contributed by atoms with E-state index in [-0.39, 0.29) is 17.9 Å². The van der Waals surface area contributed by atoms with Crippen molar-refractivity contribution in [2.24, 2.45) is 11.7 Å². The van der Waals surface area contributed by atoms with Crippen molar-refractivity contribution in [3.63, 3.8) is 0 Å². The molecule has 0 bridgehead atoms. The van der Waals surface area contributed by atoms with E-state index < -0.39 is 0 Å². The standard InChI is InChI=1S/C15H30N4O/c1-4-17-7-9-18(10-8-17)13-5-6-19(11-13)15(20)14(16)12(2)3/h12-14H,4-11,16H2,1-3H3/t13-,14+/m1/s1. The Hall–Kier alpha value is -0.650. The summed E-state index contributed by atoms with van der Waals surface area (Å²) in [6.07, 6.45) is 1.10. The highest BCUT2D eigenvalue weighted by Gasteiger charge is 2.34. The second-order valence-electron chi connectivity index (χ2n) is 6.47. The van der Waals surface area contributed by atoms with E-state index in [1.807, 2.05) is 18.7 Å². The Kier molecular flexibility index (Phi) is 5.41. The van der Waals surface area contributed by atoms with Crippen LogP contribution in [0.5, 0.6) is 0 Å². The first-order valence-electron chi connectivity index (χ1n) is 8.03. The van der Waals surface area contributed by atoms with Gasteiger partial charge in [-0.05, 0) is 18.9 Å². The third-order valence-electron chi connectivity index (χ3n) is 4.85. The van der Waals surface area contributed by atoms with Crippen molar-refractivity contribution in [3.05, 3.63) is 0 Å². The fourth-order valence-electron chi connectivity index (χ4n) is 3.18. The van der Waals surface area contributed by atoms with Crippen LogP contribution in [0.4, 0.5) is 0 Å². The number of nitrogens with zero attached hydrogens (tertiary/aromatic N) is 3. The smallest absolute Gasteiger partial charge is 0.239 e. The van der Waals surface area contributed by atoms with Gasteiger partial charge >= 0.3 is 0 Å². The Balaban J connectivity index is 1.82. The Morgan fingerprint density at radius 3 is 2.40 bits per heavy atom. The van der Waals surface area contributed by atoms with Crippen LogP contribution in [0, 0.1) is 5.92 Å². The van der Waals surface area contributed by atoms with Crippen molar-refractivity contribution in [1.29, 1.82) is 0 Å². The SMILES string of the molecule is CCN1CCN([C@@H]2CCN(C(=O)[C@@H](N)C(C)C)C2)CC1. The number of likely N-dealkylation sites (N-methyl/N-ethyl adjacent to an activating group) is 1. The summed E-state index contributed by atoms with van der Waals surface area (Å²) in [5, 5.41) is 0. The van der Waals surface area contributed by atoms with E-state index >= 15 is 0 Å². The van der Waals surface area contributed by atoms with Gasteiger partial charge in [-0.2, -0.15) is 0 Å². The Labute approximate surface area is 123 Å². The average Bonchev–Trinajstić information content (AvgIpc) is 2.95. The molecule has 0 aromatic heterocycles. The van der Waals surface area contributed by atoms with E-state index in [1.165, 1.54) is 0 Å². The lowest BCUT2D eigenvalue weighted by atomic mass is 10.0. The molecule has 0 saturated carbocycles. The molecule has 0 aromatic carbocycles. The van der Waals surface area contributed by atoms with Gasteiger partial charge in [0.25, 0.3) is 0 Å². The number of nitrogens with two attached hydrogens (primary N) is 1. The van der Waals surface area contributed by atoms with E-state index in [1.54, 1.807) is 0 Å². The molecule has 2 rings (SSSR count). The number of piperazine rings is 1. The summed E-state index contributed by atoms with van der Waals surface area (Å²) in [5.41, 5.74) is 5.99. The highest BCUT2D eigenvalue weighted by atomic mass is 16.2. The van der Waals surface area contributed by atoms with Gasteiger partial charge in [-0.15, -0.1) is 0 Å². The van der Waals surface area contributed by atoms with Gasteiger partial charge in [0.05, 0.1) is 6.04 Å². The normalized spacial score (nSPS) is 27.2. The highest BCUT2D eigenvalue weighted by Crippen LogP contribution is 2.19. The lowest BCUT2D eigenvalue weighted by molar-refractivity contribution is -0.132. The molecule has 2 N–H and O–H groups in total. The summed E-state index contributed by atoms with van der Waals surface area (Å²) in [5.74, 6) is 0.351. The van der Waals surface area contributed by atoms with Crippen molar-refractivity contribution >= 4 is 5.91 Å². The summed E-state index contributed by atoms with van der Waals surface area (Å²) in [6.45, 7) is 13.7. The van der Waals surface area contributed by atoms with Gasteiger partial charge in [-0.25, -0.2) is 0 Å². The zero-order valence-corrected chi connectivity index (χ0v) is 13.2. The fraction of sp³-hybridized carbons (Fsp3) is 0.933. The molecule has 5 heteroatoms. The first-order chi connectivity index (χ1) is 9.52. The molecule has 1 amide bonds. The predicted octanol–water partition coefficient (Wildman–Crippen LogP) is 0.208. The molecule has 20 heavy (non-hydrogen) atoms. The van der Waals surface area contributed by atoms with Crippen molar-refractivity contribution in [3.8, 4) is 0 Å². The van der Waals surface area contributed by atoms with E-state index in [9.17, 15) is 4.79 Å². The predicted molar refractivity (Wildman–Crippen MR) is 81.5 cm³/mol. The Morgan fingerprint density at radius 1 is 1.20 bits per heavy atom. The van der Waals surface area contributed by atoms with Crippen LogP contribution in [0.25, 0.3) is 0 Å². The minimum Gasteiger partial charge on any atom is -0.340 e. The minimum atomic E-state index is -0.342. The van der Waals surface area contributed by atoms with E-state index in [4.69, 9.17) is 5.73 Å².